The van der Waals surface area contributed by atoms with Crippen LogP contribution >= 0.6 is 0 Å². The number of ketones is 1. The van der Waals surface area contributed by atoms with Gasteiger partial charge in [0.2, 0.25) is 0 Å². The van der Waals surface area contributed by atoms with Gasteiger partial charge < -0.3 is 4.74 Å². The largest absolute Gasteiger partial charge is 0.493 e. The summed E-state index contributed by atoms with van der Waals surface area (Å²) < 4.78 is 5.64. The number of ether oxygens (including phenoxy) is 1. The van der Waals surface area contributed by atoms with Crippen LogP contribution in [-0.2, 0) is 0 Å². The third-order valence-corrected chi connectivity index (χ3v) is 3.73. The van der Waals surface area contributed by atoms with E-state index in [1.165, 1.54) is 0 Å². The highest BCUT2D eigenvalue weighted by atomic mass is 16.5. The number of nitrogens with zero attached hydrogens (tertiary/aromatic N) is 1. The minimum atomic E-state index is 0.178. The number of fused-ring (bicyclic) bond motifs is 1. The molecule has 0 N–H and O–H groups in total. The molecule has 20 heavy (non-hydrogen) atoms. The Morgan fingerprint density at radius 1 is 1.35 bits per heavy atom. The Balaban J connectivity index is 1.81. The molecule has 1 aliphatic rings. The van der Waals surface area contributed by atoms with Gasteiger partial charge in [-0.1, -0.05) is 18.2 Å². The maximum atomic E-state index is 12.4. The highest BCUT2D eigenvalue weighted by molar-refractivity contribution is 5.96. The molecule has 2 heterocycles. The van der Waals surface area contributed by atoms with Crippen LogP contribution < -0.4 is 4.74 Å². The van der Waals surface area contributed by atoms with Crippen LogP contribution in [0, 0.1) is 6.92 Å². The second-order valence-corrected chi connectivity index (χ2v) is 5.19. The molecule has 3 heteroatoms. The first kappa shape index (κ1) is 12.9. The predicted octanol–water partition coefficient (Wildman–Crippen LogP) is 3.53. The number of hydrogen-bond donors (Lipinski definition) is 0. The standard InChI is InChI=1S/C17H17NO2/c1-12-10-14(6-8-18-12)16(19)11-13-7-9-20-17-5-3-2-4-15(13)17/h2-6,8,10,13H,7,9,11H2,1H3. The summed E-state index contributed by atoms with van der Waals surface area (Å²) >= 11 is 0. The van der Waals surface area contributed by atoms with Gasteiger partial charge in [-0.05, 0) is 43.0 Å². The van der Waals surface area contributed by atoms with Gasteiger partial charge in [0.1, 0.15) is 5.75 Å². The number of hydrogen-bond acceptors (Lipinski definition) is 3. The molecule has 3 nitrogen and oxygen atoms in total. The molecule has 102 valence electrons. The molecule has 0 bridgehead atoms. The summed E-state index contributed by atoms with van der Waals surface area (Å²) in [4.78, 5) is 16.5. The normalized spacial score (nSPS) is 17.1. The lowest BCUT2D eigenvalue weighted by molar-refractivity contribution is 0.0965. The summed E-state index contributed by atoms with van der Waals surface area (Å²) in [5.41, 5.74) is 2.78. The van der Waals surface area contributed by atoms with Crippen LogP contribution in [0.3, 0.4) is 0 Å². The lowest BCUT2D eigenvalue weighted by atomic mass is 9.87. The number of carbonyl (C=O) groups excluding carboxylic acids is 1. The van der Waals surface area contributed by atoms with Gasteiger partial charge in [-0.2, -0.15) is 0 Å². The van der Waals surface area contributed by atoms with Crippen LogP contribution in [0.2, 0.25) is 0 Å². The number of Topliss-reactive ketones (excluding diaryl/α,β-unsaturated/α-hetero) is 1. The zero-order valence-corrected chi connectivity index (χ0v) is 11.5. The van der Waals surface area contributed by atoms with Gasteiger partial charge in [0.15, 0.2) is 5.78 Å². The molecule has 1 aromatic carbocycles. The molecule has 3 rings (SSSR count). The van der Waals surface area contributed by atoms with Crippen LogP contribution in [0.1, 0.15) is 40.4 Å². The average Bonchev–Trinajstić information content (AvgIpc) is 2.47. The molecule has 0 saturated heterocycles. The van der Waals surface area contributed by atoms with Gasteiger partial charge in [-0.25, -0.2) is 0 Å². The smallest absolute Gasteiger partial charge is 0.163 e. The number of aromatic nitrogens is 1. The summed E-state index contributed by atoms with van der Waals surface area (Å²) in [6.07, 6.45) is 3.12. The Morgan fingerprint density at radius 2 is 2.20 bits per heavy atom. The predicted molar refractivity (Wildman–Crippen MR) is 77.2 cm³/mol. The van der Waals surface area contributed by atoms with Gasteiger partial charge in [0, 0.05) is 23.9 Å². The van der Waals surface area contributed by atoms with Gasteiger partial charge >= 0.3 is 0 Å². The Kier molecular flexibility index (Phi) is 3.50. The minimum absolute atomic E-state index is 0.178. The second-order valence-electron chi connectivity index (χ2n) is 5.19. The number of para-hydroxylation sites is 1. The highest BCUT2D eigenvalue weighted by Gasteiger charge is 2.23. The molecule has 0 radical (unpaired) electrons. The quantitative estimate of drug-likeness (QED) is 0.799. The van der Waals surface area contributed by atoms with E-state index in [0.29, 0.717) is 13.0 Å². The van der Waals surface area contributed by atoms with Gasteiger partial charge in [0.25, 0.3) is 0 Å². The molecular formula is C17H17NO2. The summed E-state index contributed by atoms with van der Waals surface area (Å²) in [6.45, 7) is 2.59. The van der Waals surface area contributed by atoms with Gasteiger partial charge in [-0.15, -0.1) is 0 Å². The number of benzene rings is 1. The highest BCUT2D eigenvalue weighted by Crippen LogP contribution is 2.36. The Bertz CT molecular complexity index is 636. The van der Waals surface area contributed by atoms with E-state index in [2.05, 4.69) is 11.1 Å². The zero-order valence-electron chi connectivity index (χ0n) is 11.5. The Labute approximate surface area is 118 Å². The summed E-state index contributed by atoms with van der Waals surface area (Å²) in [5, 5.41) is 0. The van der Waals surface area contributed by atoms with Crippen molar-refractivity contribution in [1.82, 2.24) is 4.98 Å². The maximum Gasteiger partial charge on any atom is 0.163 e. The van der Waals surface area contributed by atoms with Crippen molar-refractivity contribution in [3.8, 4) is 5.75 Å². The van der Waals surface area contributed by atoms with Crippen molar-refractivity contribution in [2.75, 3.05) is 6.61 Å². The van der Waals surface area contributed by atoms with Gasteiger partial charge in [-0.3, -0.25) is 9.78 Å². The fraction of sp³-hybridized carbons (Fsp3) is 0.294. The molecule has 0 amide bonds. The fourth-order valence-corrected chi connectivity index (χ4v) is 2.69. The Morgan fingerprint density at radius 3 is 3.05 bits per heavy atom. The molecule has 0 fully saturated rings. The van der Waals surface area contributed by atoms with Crippen molar-refractivity contribution in [3.05, 3.63) is 59.4 Å². The van der Waals surface area contributed by atoms with Crippen molar-refractivity contribution in [2.24, 2.45) is 0 Å². The van der Waals surface area contributed by atoms with Crippen molar-refractivity contribution in [3.63, 3.8) is 0 Å². The molecular weight excluding hydrogens is 250 g/mol. The molecule has 0 saturated carbocycles. The first-order valence-corrected chi connectivity index (χ1v) is 6.91. The molecule has 1 atom stereocenters. The van der Waals surface area contributed by atoms with Crippen LogP contribution in [0.5, 0.6) is 5.75 Å². The Hall–Kier alpha value is -2.16. The van der Waals surface area contributed by atoms with E-state index in [4.69, 9.17) is 4.74 Å². The van der Waals surface area contributed by atoms with Crippen LogP contribution in [-0.4, -0.2) is 17.4 Å². The molecule has 1 aromatic heterocycles. The molecule has 0 spiro atoms. The molecule has 2 aromatic rings. The maximum absolute atomic E-state index is 12.4. The van der Waals surface area contributed by atoms with Crippen LogP contribution in [0.15, 0.2) is 42.6 Å². The third kappa shape index (κ3) is 2.57. The lowest BCUT2D eigenvalue weighted by Gasteiger charge is -2.25. The summed E-state index contributed by atoms with van der Waals surface area (Å²) in [5.74, 6) is 1.35. The summed E-state index contributed by atoms with van der Waals surface area (Å²) in [6, 6.07) is 11.7. The van der Waals surface area contributed by atoms with E-state index >= 15 is 0 Å². The average molecular weight is 267 g/mol. The minimum Gasteiger partial charge on any atom is -0.493 e. The SMILES string of the molecule is Cc1cc(C(=O)CC2CCOc3ccccc32)ccn1. The van der Waals surface area contributed by atoms with Crippen molar-refractivity contribution in [1.29, 1.82) is 0 Å². The second kappa shape index (κ2) is 5.45. The molecule has 1 aliphatic heterocycles. The van der Waals surface area contributed by atoms with Crippen molar-refractivity contribution < 1.29 is 9.53 Å². The monoisotopic (exact) mass is 267 g/mol. The fourth-order valence-electron chi connectivity index (χ4n) is 2.69. The van der Waals surface area contributed by atoms with Crippen LogP contribution in [0.4, 0.5) is 0 Å². The number of carbonyl (C=O) groups is 1. The van der Waals surface area contributed by atoms with Crippen LogP contribution in [0.25, 0.3) is 0 Å². The number of aryl methyl sites for hydroxylation is 1. The first-order valence-electron chi connectivity index (χ1n) is 6.91. The van der Waals surface area contributed by atoms with E-state index in [1.807, 2.05) is 31.2 Å². The lowest BCUT2D eigenvalue weighted by Crippen LogP contribution is -2.17. The van der Waals surface area contributed by atoms with E-state index in [1.54, 1.807) is 12.3 Å². The van der Waals surface area contributed by atoms with E-state index < -0.39 is 0 Å². The number of rotatable bonds is 3. The number of pyridine rings is 1. The van der Waals surface area contributed by atoms with E-state index in [9.17, 15) is 4.79 Å². The molecule has 1 unspecified atom stereocenters. The van der Waals surface area contributed by atoms with Crippen molar-refractivity contribution in [2.45, 2.75) is 25.7 Å². The topological polar surface area (TPSA) is 39.2 Å². The molecule has 0 aliphatic carbocycles. The third-order valence-electron chi connectivity index (χ3n) is 3.73. The first-order chi connectivity index (χ1) is 9.74. The van der Waals surface area contributed by atoms with Gasteiger partial charge in [0.05, 0.1) is 6.61 Å². The van der Waals surface area contributed by atoms with E-state index in [0.717, 1.165) is 29.0 Å². The van der Waals surface area contributed by atoms with Crippen molar-refractivity contribution >= 4 is 5.78 Å². The zero-order chi connectivity index (χ0) is 13.9. The van der Waals surface area contributed by atoms with E-state index in [-0.39, 0.29) is 11.7 Å². The summed E-state index contributed by atoms with van der Waals surface area (Å²) in [7, 11) is 0.